The molecule has 0 saturated carbocycles. The van der Waals surface area contributed by atoms with Gasteiger partial charge in [-0.05, 0) is 12.3 Å². The molecule has 1 aliphatic heterocycles. The zero-order valence-corrected chi connectivity index (χ0v) is 11.4. The van der Waals surface area contributed by atoms with Crippen molar-refractivity contribution in [1.82, 2.24) is 5.32 Å². The molecule has 2 unspecified atom stereocenters. The molecule has 1 rings (SSSR count). The van der Waals surface area contributed by atoms with Crippen LogP contribution in [0.1, 0.15) is 34.1 Å². The van der Waals surface area contributed by atoms with Crippen LogP contribution in [0.15, 0.2) is 4.99 Å². The maximum atomic E-state index is 12.2. The number of hydrogen-bond donors (Lipinski definition) is 1. The molecule has 4 heteroatoms. The van der Waals surface area contributed by atoms with Gasteiger partial charge < -0.3 is 5.32 Å². The van der Waals surface area contributed by atoms with Crippen LogP contribution in [0.25, 0.3) is 0 Å². The summed E-state index contributed by atoms with van der Waals surface area (Å²) in [5.41, 5.74) is 0. The number of carbonyl (C=O) groups excluding carboxylic acids is 1. The first-order valence-electron chi connectivity index (χ1n) is 6.03. The van der Waals surface area contributed by atoms with Gasteiger partial charge in [-0.2, -0.15) is 0 Å². The zero-order valence-electron chi connectivity index (χ0n) is 10.6. The van der Waals surface area contributed by atoms with E-state index in [2.05, 4.69) is 31.1 Å². The number of ketones is 1. The summed E-state index contributed by atoms with van der Waals surface area (Å²) in [4.78, 5) is 16.5. The molecule has 0 saturated heterocycles. The molecule has 0 fully saturated rings. The van der Waals surface area contributed by atoms with E-state index in [1.54, 1.807) is 11.8 Å². The maximum absolute atomic E-state index is 12.2. The Kier molecular flexibility index (Phi) is 5.32. The van der Waals surface area contributed by atoms with E-state index in [9.17, 15) is 4.79 Å². The minimum Gasteiger partial charge on any atom is -0.355 e. The molecular formula is C12H22N2OS. The van der Waals surface area contributed by atoms with Crippen LogP contribution in [-0.4, -0.2) is 29.3 Å². The van der Waals surface area contributed by atoms with Crippen LogP contribution in [0.3, 0.4) is 0 Å². The number of aliphatic imine (C=N–C) groups is 1. The van der Waals surface area contributed by atoms with Crippen LogP contribution in [-0.2, 0) is 4.79 Å². The van der Waals surface area contributed by atoms with Crippen molar-refractivity contribution in [3.63, 3.8) is 0 Å². The first-order valence-corrected chi connectivity index (χ1v) is 7.02. The molecule has 1 heterocycles. The van der Waals surface area contributed by atoms with Crippen molar-refractivity contribution >= 4 is 22.7 Å². The fraction of sp³-hybridized carbons (Fsp3) is 0.833. The Bertz CT molecular complexity index is 276. The van der Waals surface area contributed by atoms with Crippen LogP contribution in [0.4, 0.5) is 0 Å². The van der Waals surface area contributed by atoms with Gasteiger partial charge in [0, 0.05) is 11.7 Å². The lowest BCUT2D eigenvalue weighted by Crippen LogP contribution is -2.45. The fourth-order valence-electron chi connectivity index (χ4n) is 1.63. The zero-order chi connectivity index (χ0) is 12.1. The lowest BCUT2D eigenvalue weighted by Gasteiger charge is -2.24. The average Bonchev–Trinajstić information content (AvgIpc) is 2.76. The number of thioether (sulfide) groups is 1. The molecule has 92 valence electrons. The van der Waals surface area contributed by atoms with Gasteiger partial charge in [0.25, 0.3) is 0 Å². The third-order valence-electron chi connectivity index (χ3n) is 2.94. The monoisotopic (exact) mass is 242 g/mol. The van der Waals surface area contributed by atoms with Gasteiger partial charge in [0.15, 0.2) is 11.0 Å². The quantitative estimate of drug-likeness (QED) is 0.804. The highest BCUT2D eigenvalue weighted by atomic mass is 32.2. The number of nitrogens with one attached hydrogen (secondary N) is 1. The van der Waals surface area contributed by atoms with Crippen molar-refractivity contribution in [2.75, 3.05) is 12.3 Å². The van der Waals surface area contributed by atoms with E-state index in [0.29, 0.717) is 11.7 Å². The first-order chi connectivity index (χ1) is 7.56. The van der Waals surface area contributed by atoms with Crippen molar-refractivity contribution in [1.29, 1.82) is 0 Å². The molecule has 16 heavy (non-hydrogen) atoms. The van der Waals surface area contributed by atoms with E-state index in [-0.39, 0.29) is 12.0 Å². The van der Waals surface area contributed by atoms with Crippen molar-refractivity contribution < 1.29 is 4.79 Å². The second-order valence-corrected chi connectivity index (χ2v) is 5.70. The van der Waals surface area contributed by atoms with E-state index < -0.39 is 0 Å². The second-order valence-electron chi connectivity index (χ2n) is 4.61. The van der Waals surface area contributed by atoms with Crippen molar-refractivity contribution in [2.24, 2.45) is 16.8 Å². The van der Waals surface area contributed by atoms with Gasteiger partial charge in [0.1, 0.15) is 0 Å². The van der Waals surface area contributed by atoms with E-state index >= 15 is 0 Å². The van der Waals surface area contributed by atoms with Crippen LogP contribution in [0.5, 0.6) is 0 Å². The average molecular weight is 242 g/mol. The summed E-state index contributed by atoms with van der Waals surface area (Å²) < 4.78 is 0. The lowest BCUT2D eigenvalue weighted by molar-refractivity contribution is -0.125. The minimum absolute atomic E-state index is 0.0840. The summed E-state index contributed by atoms with van der Waals surface area (Å²) in [5.74, 6) is 1.79. The number of carbonyl (C=O) groups is 1. The molecule has 0 aliphatic carbocycles. The number of amidine groups is 1. The molecule has 1 N–H and O–H groups in total. The molecule has 0 radical (unpaired) electrons. The normalized spacial score (nSPS) is 19.4. The van der Waals surface area contributed by atoms with Gasteiger partial charge in [-0.1, -0.05) is 39.5 Å². The summed E-state index contributed by atoms with van der Waals surface area (Å²) >= 11 is 1.71. The van der Waals surface area contributed by atoms with Crippen LogP contribution < -0.4 is 5.32 Å². The SMILES string of the molecule is CCC(C)C(=O)C(NC1=NCCS1)C(C)C. The molecule has 0 bridgehead atoms. The third kappa shape index (κ3) is 3.51. The Morgan fingerprint density at radius 1 is 1.50 bits per heavy atom. The number of nitrogens with zero attached hydrogens (tertiary/aromatic N) is 1. The Morgan fingerprint density at radius 3 is 2.62 bits per heavy atom. The van der Waals surface area contributed by atoms with Crippen molar-refractivity contribution in [3.8, 4) is 0 Å². The molecule has 1 aliphatic rings. The Balaban J connectivity index is 2.63. The second kappa shape index (κ2) is 6.28. The summed E-state index contributed by atoms with van der Waals surface area (Å²) in [6.45, 7) is 9.09. The highest BCUT2D eigenvalue weighted by molar-refractivity contribution is 8.14. The first kappa shape index (κ1) is 13.6. The van der Waals surface area contributed by atoms with E-state index in [1.165, 1.54) is 0 Å². The van der Waals surface area contributed by atoms with Gasteiger partial charge in [0.05, 0.1) is 12.6 Å². The third-order valence-corrected chi connectivity index (χ3v) is 3.84. The van der Waals surface area contributed by atoms with Gasteiger partial charge >= 0.3 is 0 Å². The minimum atomic E-state index is -0.0840. The summed E-state index contributed by atoms with van der Waals surface area (Å²) in [5, 5.41) is 4.23. The molecular weight excluding hydrogens is 220 g/mol. The topological polar surface area (TPSA) is 41.5 Å². The van der Waals surface area contributed by atoms with Crippen molar-refractivity contribution in [2.45, 2.75) is 40.2 Å². The highest BCUT2D eigenvalue weighted by Crippen LogP contribution is 2.16. The van der Waals surface area contributed by atoms with E-state index in [1.807, 2.05) is 6.92 Å². The van der Waals surface area contributed by atoms with Crippen molar-refractivity contribution in [3.05, 3.63) is 0 Å². The smallest absolute Gasteiger partial charge is 0.158 e. The maximum Gasteiger partial charge on any atom is 0.158 e. The molecule has 2 atom stereocenters. The molecule has 0 aromatic rings. The summed E-state index contributed by atoms with van der Waals surface area (Å²) in [6, 6.07) is -0.0840. The van der Waals surface area contributed by atoms with E-state index in [4.69, 9.17) is 0 Å². The molecule has 0 aromatic carbocycles. The van der Waals surface area contributed by atoms with E-state index in [0.717, 1.165) is 23.9 Å². The number of Topliss-reactive ketones (excluding diaryl/α,β-unsaturated/α-hetero) is 1. The molecule has 3 nitrogen and oxygen atoms in total. The largest absolute Gasteiger partial charge is 0.355 e. The summed E-state index contributed by atoms with van der Waals surface area (Å²) in [7, 11) is 0. The molecule has 0 amide bonds. The number of hydrogen-bond acceptors (Lipinski definition) is 4. The highest BCUT2D eigenvalue weighted by Gasteiger charge is 2.27. The van der Waals surface area contributed by atoms with Crippen LogP contribution in [0, 0.1) is 11.8 Å². The standard InChI is InChI=1S/C12H22N2OS/c1-5-9(4)11(15)10(8(2)3)14-12-13-6-7-16-12/h8-10H,5-7H2,1-4H3,(H,13,14). The molecule has 0 aromatic heterocycles. The predicted molar refractivity (Wildman–Crippen MR) is 71.0 cm³/mol. The number of rotatable bonds is 5. The Hall–Kier alpha value is -0.510. The fourth-order valence-corrected chi connectivity index (χ4v) is 2.40. The van der Waals surface area contributed by atoms with Crippen LogP contribution in [0.2, 0.25) is 0 Å². The van der Waals surface area contributed by atoms with Gasteiger partial charge in [-0.3, -0.25) is 9.79 Å². The van der Waals surface area contributed by atoms with Gasteiger partial charge in [-0.15, -0.1) is 0 Å². The van der Waals surface area contributed by atoms with Gasteiger partial charge in [-0.25, -0.2) is 0 Å². The lowest BCUT2D eigenvalue weighted by atomic mass is 9.91. The summed E-state index contributed by atoms with van der Waals surface area (Å²) in [6.07, 6.45) is 0.906. The van der Waals surface area contributed by atoms with Gasteiger partial charge in [0.2, 0.25) is 0 Å². The van der Waals surface area contributed by atoms with Crippen LogP contribution >= 0.6 is 11.8 Å². The molecule has 0 spiro atoms. The Labute approximate surface area is 102 Å². The Morgan fingerprint density at radius 2 is 2.19 bits per heavy atom. The predicted octanol–water partition coefficient (Wildman–Crippen LogP) is 2.32.